The number of carbonyl (C=O) groups excluding carboxylic acids is 1. The van der Waals surface area contributed by atoms with Gasteiger partial charge in [0.15, 0.2) is 0 Å². The van der Waals surface area contributed by atoms with E-state index in [9.17, 15) is 13.2 Å². The van der Waals surface area contributed by atoms with E-state index in [1.165, 1.54) is 6.07 Å². The number of amides is 1. The molecule has 6 heteroatoms. The first kappa shape index (κ1) is 15.0. The van der Waals surface area contributed by atoms with Crippen LogP contribution in [0.5, 0.6) is 0 Å². The van der Waals surface area contributed by atoms with E-state index in [0.717, 1.165) is 19.4 Å². The number of hydrogen-bond acceptors (Lipinski definition) is 3. The summed E-state index contributed by atoms with van der Waals surface area (Å²) >= 11 is 0. The summed E-state index contributed by atoms with van der Waals surface area (Å²) in [6.45, 7) is 2.57. The van der Waals surface area contributed by atoms with Gasteiger partial charge in [0.2, 0.25) is 10.0 Å². The summed E-state index contributed by atoms with van der Waals surface area (Å²) in [4.78, 5) is 14.0. The van der Waals surface area contributed by atoms with Crippen molar-refractivity contribution >= 4 is 15.9 Å². The SMILES string of the molecule is CCc1ccc(C(=O)N(C)CC2CC2)cc1S(N)(=O)=O. The molecule has 110 valence electrons. The Kier molecular flexibility index (Phi) is 4.15. The van der Waals surface area contributed by atoms with E-state index >= 15 is 0 Å². The monoisotopic (exact) mass is 296 g/mol. The molecule has 1 amide bonds. The van der Waals surface area contributed by atoms with E-state index in [4.69, 9.17) is 5.14 Å². The van der Waals surface area contributed by atoms with Crippen molar-refractivity contribution in [3.8, 4) is 0 Å². The summed E-state index contributed by atoms with van der Waals surface area (Å²) < 4.78 is 23.2. The fourth-order valence-corrected chi connectivity index (χ4v) is 3.10. The zero-order valence-electron chi connectivity index (χ0n) is 11.8. The molecule has 0 radical (unpaired) electrons. The first-order chi connectivity index (χ1) is 9.32. The number of nitrogens with zero attached hydrogens (tertiary/aromatic N) is 1. The molecular weight excluding hydrogens is 276 g/mol. The van der Waals surface area contributed by atoms with Crippen LogP contribution in [0.3, 0.4) is 0 Å². The van der Waals surface area contributed by atoms with Gasteiger partial charge in [-0.3, -0.25) is 4.79 Å². The zero-order valence-corrected chi connectivity index (χ0v) is 12.6. The fourth-order valence-electron chi connectivity index (χ4n) is 2.24. The number of nitrogens with two attached hydrogens (primary N) is 1. The maximum absolute atomic E-state index is 12.3. The molecule has 5 nitrogen and oxygen atoms in total. The Morgan fingerprint density at radius 1 is 1.40 bits per heavy atom. The average molecular weight is 296 g/mol. The van der Waals surface area contributed by atoms with Crippen LogP contribution in [-0.4, -0.2) is 32.8 Å². The highest BCUT2D eigenvalue weighted by molar-refractivity contribution is 7.89. The molecule has 20 heavy (non-hydrogen) atoms. The molecule has 1 aromatic rings. The Morgan fingerprint density at radius 3 is 2.55 bits per heavy atom. The van der Waals surface area contributed by atoms with Crippen LogP contribution in [0.4, 0.5) is 0 Å². The second kappa shape index (κ2) is 5.54. The number of hydrogen-bond donors (Lipinski definition) is 1. The van der Waals surface area contributed by atoms with Gasteiger partial charge in [0.1, 0.15) is 0 Å². The topological polar surface area (TPSA) is 80.5 Å². The molecular formula is C14H20N2O3S. The first-order valence-corrected chi connectivity index (χ1v) is 8.28. The molecule has 1 saturated carbocycles. The van der Waals surface area contributed by atoms with E-state index in [1.807, 2.05) is 6.92 Å². The van der Waals surface area contributed by atoms with Crippen molar-refractivity contribution in [2.45, 2.75) is 31.1 Å². The molecule has 0 saturated heterocycles. The van der Waals surface area contributed by atoms with Crippen molar-refractivity contribution in [3.05, 3.63) is 29.3 Å². The Hall–Kier alpha value is -1.40. The molecule has 1 aromatic carbocycles. The van der Waals surface area contributed by atoms with Gasteiger partial charge in [0, 0.05) is 19.2 Å². The van der Waals surface area contributed by atoms with Crippen molar-refractivity contribution in [3.63, 3.8) is 0 Å². The summed E-state index contributed by atoms with van der Waals surface area (Å²) in [5.74, 6) is 0.432. The molecule has 0 atom stereocenters. The highest BCUT2D eigenvalue weighted by Crippen LogP contribution is 2.29. The largest absolute Gasteiger partial charge is 0.341 e. The number of sulfonamides is 1. The van der Waals surface area contributed by atoms with Crippen LogP contribution in [0.25, 0.3) is 0 Å². The van der Waals surface area contributed by atoms with Crippen LogP contribution >= 0.6 is 0 Å². The predicted octanol–water partition coefficient (Wildman–Crippen LogP) is 1.38. The lowest BCUT2D eigenvalue weighted by Gasteiger charge is -2.17. The molecule has 0 bridgehead atoms. The lowest BCUT2D eigenvalue weighted by atomic mass is 10.1. The van der Waals surface area contributed by atoms with E-state index < -0.39 is 10.0 Å². The van der Waals surface area contributed by atoms with Gasteiger partial charge in [-0.05, 0) is 42.9 Å². The van der Waals surface area contributed by atoms with Crippen molar-refractivity contribution in [1.82, 2.24) is 4.90 Å². The van der Waals surface area contributed by atoms with Crippen LogP contribution in [0.15, 0.2) is 23.1 Å². The van der Waals surface area contributed by atoms with Crippen molar-refractivity contribution in [1.29, 1.82) is 0 Å². The Balaban J connectivity index is 2.30. The quantitative estimate of drug-likeness (QED) is 0.891. The first-order valence-electron chi connectivity index (χ1n) is 6.74. The van der Waals surface area contributed by atoms with Gasteiger partial charge in [-0.25, -0.2) is 13.6 Å². The maximum atomic E-state index is 12.3. The molecule has 0 aromatic heterocycles. The molecule has 0 aliphatic heterocycles. The Labute approximate surface area is 119 Å². The van der Waals surface area contributed by atoms with E-state index in [1.54, 1.807) is 24.1 Å². The lowest BCUT2D eigenvalue weighted by Crippen LogP contribution is -2.29. The van der Waals surface area contributed by atoms with Gasteiger partial charge in [0.05, 0.1) is 4.90 Å². The van der Waals surface area contributed by atoms with Crippen LogP contribution in [-0.2, 0) is 16.4 Å². The number of benzene rings is 1. The van der Waals surface area contributed by atoms with Crippen LogP contribution < -0.4 is 5.14 Å². The second-order valence-corrected chi connectivity index (χ2v) is 6.88. The zero-order chi connectivity index (χ0) is 14.9. The third-order valence-electron chi connectivity index (χ3n) is 3.58. The predicted molar refractivity (Wildman–Crippen MR) is 76.9 cm³/mol. The number of aryl methyl sites for hydroxylation is 1. The fraction of sp³-hybridized carbons (Fsp3) is 0.500. The van der Waals surface area contributed by atoms with Crippen molar-refractivity contribution < 1.29 is 13.2 Å². The van der Waals surface area contributed by atoms with Crippen LogP contribution in [0.1, 0.15) is 35.7 Å². The maximum Gasteiger partial charge on any atom is 0.253 e. The summed E-state index contributed by atoms with van der Waals surface area (Å²) in [6, 6.07) is 4.72. The molecule has 2 rings (SSSR count). The minimum atomic E-state index is -3.81. The normalized spacial score (nSPS) is 15.2. The van der Waals surface area contributed by atoms with Gasteiger partial charge in [-0.15, -0.1) is 0 Å². The molecule has 0 spiro atoms. The molecule has 1 aliphatic carbocycles. The molecule has 2 N–H and O–H groups in total. The van der Waals surface area contributed by atoms with E-state index in [2.05, 4.69) is 0 Å². The summed E-state index contributed by atoms with van der Waals surface area (Å²) in [5.41, 5.74) is 1.00. The molecule has 0 heterocycles. The summed E-state index contributed by atoms with van der Waals surface area (Å²) in [6.07, 6.45) is 2.88. The van der Waals surface area contributed by atoms with Gasteiger partial charge >= 0.3 is 0 Å². The van der Waals surface area contributed by atoms with Crippen LogP contribution in [0, 0.1) is 5.92 Å². The minimum Gasteiger partial charge on any atom is -0.341 e. The minimum absolute atomic E-state index is 0.0469. The highest BCUT2D eigenvalue weighted by Gasteiger charge is 2.26. The molecule has 0 unspecified atom stereocenters. The third-order valence-corrected chi connectivity index (χ3v) is 4.57. The second-order valence-electron chi connectivity index (χ2n) is 5.35. The average Bonchev–Trinajstić information content (AvgIpc) is 3.20. The number of carbonyl (C=O) groups is 1. The smallest absolute Gasteiger partial charge is 0.253 e. The molecule has 1 aliphatic rings. The van der Waals surface area contributed by atoms with Crippen molar-refractivity contribution in [2.75, 3.05) is 13.6 Å². The van der Waals surface area contributed by atoms with Gasteiger partial charge in [-0.2, -0.15) is 0 Å². The van der Waals surface area contributed by atoms with Crippen LogP contribution in [0.2, 0.25) is 0 Å². The number of rotatable bonds is 5. The Bertz CT molecular complexity index is 621. The Morgan fingerprint density at radius 2 is 2.05 bits per heavy atom. The van der Waals surface area contributed by atoms with E-state index in [-0.39, 0.29) is 10.8 Å². The summed E-state index contributed by atoms with van der Waals surface area (Å²) in [7, 11) is -2.07. The highest BCUT2D eigenvalue weighted by atomic mass is 32.2. The third kappa shape index (κ3) is 3.37. The molecule has 1 fully saturated rings. The van der Waals surface area contributed by atoms with Gasteiger partial charge < -0.3 is 4.90 Å². The van der Waals surface area contributed by atoms with Gasteiger partial charge in [0.25, 0.3) is 5.91 Å². The van der Waals surface area contributed by atoms with E-state index in [0.29, 0.717) is 23.5 Å². The standard InChI is InChI=1S/C14H20N2O3S/c1-3-11-6-7-12(8-13(11)20(15,18)19)14(17)16(2)9-10-4-5-10/h6-8,10H,3-5,9H2,1-2H3,(H2,15,18,19). The summed E-state index contributed by atoms with van der Waals surface area (Å²) in [5, 5.41) is 5.22. The number of primary sulfonamides is 1. The lowest BCUT2D eigenvalue weighted by molar-refractivity contribution is 0.0788. The van der Waals surface area contributed by atoms with Gasteiger partial charge in [-0.1, -0.05) is 13.0 Å². The van der Waals surface area contributed by atoms with Crippen molar-refractivity contribution in [2.24, 2.45) is 11.1 Å².